The van der Waals surface area contributed by atoms with Crippen LogP contribution in [0.3, 0.4) is 0 Å². The Hall–Kier alpha value is -14.5. The second-order valence-corrected chi connectivity index (χ2v) is 41.1. The first-order chi connectivity index (χ1) is 65.7. The van der Waals surface area contributed by atoms with Gasteiger partial charge < -0.3 is 51.1 Å². The van der Waals surface area contributed by atoms with Gasteiger partial charge in [-0.25, -0.2) is 4.58 Å². The molecule has 4 aliphatic rings. The van der Waals surface area contributed by atoms with Crippen molar-refractivity contribution in [2.75, 3.05) is 14.1 Å². The van der Waals surface area contributed by atoms with Crippen molar-refractivity contribution in [3.05, 3.63) is 334 Å². The topological polar surface area (TPSA) is 648 Å². The van der Waals surface area contributed by atoms with Crippen molar-refractivity contribution in [3.63, 3.8) is 0 Å². The number of carbonyl (C=O) groups is 1. The van der Waals surface area contributed by atoms with E-state index in [4.69, 9.17) is 50.5 Å². The van der Waals surface area contributed by atoms with E-state index in [1.807, 2.05) is 37.4 Å². The summed E-state index contributed by atoms with van der Waals surface area (Å²) in [5.41, 5.74) is 11.1. The first-order valence-corrected chi connectivity index (χ1v) is 51.2. The van der Waals surface area contributed by atoms with E-state index in [0.717, 1.165) is 65.5 Å². The summed E-state index contributed by atoms with van der Waals surface area (Å²) in [6.07, 6.45) is 2.48. The summed E-state index contributed by atoms with van der Waals surface area (Å²) in [4.78, 5) is 9.43. The summed E-state index contributed by atoms with van der Waals surface area (Å²) in [5.74, 6) is -3.09. The molecule has 12 aromatic carbocycles. The molecule has 37 nitrogen and oxygen atoms in total. The van der Waals surface area contributed by atoms with Crippen LogP contribution in [0.1, 0.15) is 173 Å². The molecule has 0 saturated heterocycles. The lowest BCUT2D eigenvalue weighted by molar-refractivity contribution is -0.403. The van der Waals surface area contributed by atoms with E-state index in [1.165, 1.54) is 35.2 Å². The minimum Gasteiger partial charge on any atom is -0.507 e. The molecule has 14 N–H and O–H groups in total. The molecular formula is C96H90N2O35S8+2. The molecule has 0 aromatic heterocycles. The average Bonchev–Trinajstić information content (AvgIpc) is 1.62. The summed E-state index contributed by atoms with van der Waals surface area (Å²) < 4.78 is 246. The predicted octanol–water partition coefficient (Wildman–Crippen LogP) is 11.2. The molecule has 0 fully saturated rings. The molecule has 0 amide bonds. The molecule has 16 rings (SSSR count). The Bertz CT molecular complexity index is 8070. The number of aldehydes is 1. The minimum absolute atomic E-state index is 0.0241. The third-order valence-electron chi connectivity index (χ3n) is 24.2. The van der Waals surface area contributed by atoms with Crippen molar-refractivity contribution in [2.45, 2.75) is 129 Å². The summed E-state index contributed by atoms with van der Waals surface area (Å²) in [6.45, 7) is 11.0. The van der Waals surface area contributed by atoms with Crippen molar-refractivity contribution in [3.8, 4) is 57.5 Å². The van der Waals surface area contributed by atoms with Crippen LogP contribution in [0, 0.1) is 0 Å². The van der Waals surface area contributed by atoms with Gasteiger partial charge in [-0.2, -0.15) is 38.2 Å². The number of benzene rings is 12. The number of phenolic OH excluding ortho intramolecular Hbond substituents is 10. The maximum atomic E-state index is 12.7. The highest BCUT2D eigenvalue weighted by atomic mass is 32.2. The quantitative estimate of drug-likeness (QED) is 0.0400. The monoisotopic (exact) mass is 2090 g/mol. The Kier molecular flexibility index (Phi) is 33.8. The highest BCUT2D eigenvalue weighted by molar-refractivity contribution is 7.86. The lowest BCUT2D eigenvalue weighted by atomic mass is 9.81. The van der Waals surface area contributed by atoms with Crippen LogP contribution in [-0.4, -0.2) is 194 Å². The van der Waals surface area contributed by atoms with Crippen LogP contribution in [-0.2, 0) is 158 Å². The van der Waals surface area contributed by atoms with E-state index in [2.05, 4.69) is 81.1 Å². The summed E-state index contributed by atoms with van der Waals surface area (Å²) in [5, 5.41) is 115. The molecular weight excluding hydrogens is 2000 g/mol. The van der Waals surface area contributed by atoms with Crippen LogP contribution in [0.4, 0.5) is 11.4 Å². The number of phenols is 10. The molecule has 0 unspecified atom stereocenters. The molecule has 141 heavy (non-hydrogen) atoms. The predicted molar refractivity (Wildman–Crippen MR) is 508 cm³/mol. The third-order valence-corrected chi connectivity index (χ3v) is 27.5. The van der Waals surface area contributed by atoms with Crippen molar-refractivity contribution in [1.82, 2.24) is 0 Å². The molecule has 2 aliphatic heterocycles. The number of rotatable bonds is 7. The molecule has 12 aromatic rings. The van der Waals surface area contributed by atoms with E-state index in [1.54, 1.807) is 78.9 Å². The molecule has 0 atom stereocenters. The van der Waals surface area contributed by atoms with Gasteiger partial charge in [0.1, 0.15) is 77.9 Å². The van der Waals surface area contributed by atoms with Crippen LogP contribution in [0.25, 0.3) is 6.08 Å². The first-order valence-electron chi connectivity index (χ1n) is 41.5. The maximum Gasteiger partial charge on any atom is 0.425 e. The standard InChI is InChI=1S/C48H43NO11S2.C36H30O12S2.C12H16N.4O3S/c1-48(2)40-12-4-5-13-41(40)49(3)42(48)15-14-27-16-32-19-30-10-6-8-28(43(30)50)18-29-9-7-11-31(44(29)51)20-34-23-38(61(55,56)57)25-36(46(34)53)22-37-26-39(62(58,59)60)24-35(47(37)54)21-33(17-27)45(32)52;37-18-19-7-24-10-22-5-1-3-20(32(22)38)9-21-4-2-6-23(33(21)39)11-26-14-30(49(43,44)45)16-28(35(26)41)13-29-17-31(50(46,47)48)15-27(36(29)42)12-25(8-19)34(24)40;1-9-12(2,3)10-7-5-6-8-11(10)13(9)4;4*1-4(2)3/h4-17,23-26H,18-22H2,1-3H3,(H6,50,51,53,54,55,56,57,58,59,60);1-8,14-18,38-42H,9-13H2,(H,43,44,45)(H,46,47,48);5-8H,1-4H3;;;;/q;;+1;;;;/p+1. The fraction of sp³-hybridized carbons (Fsp3) is 0.198. The number of carbonyl (C=O) groups excluding carboxylic acids is 1. The van der Waals surface area contributed by atoms with Gasteiger partial charge in [0.15, 0.2) is 11.4 Å². The normalized spacial score (nSPS) is 13.8. The zero-order valence-electron chi connectivity index (χ0n) is 75.3. The summed E-state index contributed by atoms with van der Waals surface area (Å²) >= 11 is 0. The van der Waals surface area contributed by atoms with Crippen LogP contribution in [0.15, 0.2) is 220 Å². The molecule has 2 heterocycles. The highest BCUT2D eigenvalue weighted by Crippen LogP contribution is 2.46. The van der Waals surface area contributed by atoms with Crippen molar-refractivity contribution < 1.29 is 167 Å². The number of allylic oxidation sites excluding steroid dienone is 1. The molecule has 0 saturated carbocycles. The number of hydrogen-bond acceptors (Lipinski definition) is 31. The van der Waals surface area contributed by atoms with Gasteiger partial charge in [-0.1, -0.05) is 109 Å². The Morgan fingerprint density at radius 3 is 0.660 bits per heavy atom. The van der Waals surface area contributed by atoms with Crippen molar-refractivity contribution in [2.24, 2.45) is 0 Å². The molecule has 0 spiro atoms. The average molecular weight is 2090 g/mol. The van der Waals surface area contributed by atoms with Crippen molar-refractivity contribution >= 4 is 118 Å². The van der Waals surface area contributed by atoms with E-state index in [-0.39, 0.29) is 175 Å². The van der Waals surface area contributed by atoms with Crippen LogP contribution >= 0.6 is 0 Å². The second kappa shape index (κ2) is 43.9. The zero-order valence-corrected chi connectivity index (χ0v) is 81.8. The van der Waals surface area contributed by atoms with Gasteiger partial charge in [0.05, 0.1) is 30.4 Å². The van der Waals surface area contributed by atoms with Gasteiger partial charge in [-0.05, 0) is 179 Å². The summed E-state index contributed by atoms with van der Waals surface area (Å²) in [6, 6.07) is 50.6. The number of hydrogen-bond donors (Lipinski definition) is 14. The van der Waals surface area contributed by atoms with Crippen LogP contribution in [0.2, 0.25) is 0 Å². The number of fused-ring (bicyclic) bond motifs is 22. The van der Waals surface area contributed by atoms with Gasteiger partial charge >= 0.3 is 42.4 Å². The van der Waals surface area contributed by atoms with Gasteiger partial charge in [0, 0.05) is 151 Å². The Labute approximate surface area is 814 Å². The number of para-hydroxylation sites is 6. The van der Waals surface area contributed by atoms with Gasteiger partial charge in [-0.15, -0.1) is 50.5 Å². The third kappa shape index (κ3) is 26.2. The van der Waals surface area contributed by atoms with Crippen LogP contribution < -0.4 is 0 Å². The molecule has 0 radical (unpaired) electrons. The van der Waals surface area contributed by atoms with Gasteiger partial charge in [0.25, 0.3) is 40.5 Å². The fourth-order valence-electron chi connectivity index (χ4n) is 17.2. The van der Waals surface area contributed by atoms with E-state index in [0.29, 0.717) is 50.8 Å². The molecule has 740 valence electrons. The zero-order chi connectivity index (χ0) is 105. The molecule has 2 aliphatic carbocycles. The van der Waals surface area contributed by atoms with Crippen molar-refractivity contribution in [1.29, 1.82) is 0 Å². The molecule has 45 heteroatoms. The Morgan fingerprint density at radius 2 is 0.447 bits per heavy atom. The van der Waals surface area contributed by atoms with Gasteiger partial charge in [0.2, 0.25) is 11.4 Å². The lowest BCUT2D eigenvalue weighted by Gasteiger charge is -2.18. The SMILES string of the molecule is CC1=[N+](C)c2ccccc2C1(C)C.C[N+]1=C(/C=C/c2cc3c(O)c(c2)Cc2cc(S(=O)(=O)O)cc(c2O)Cc2cc(S(=O)(=O)O)cc(c2O)Cc2cccc(c2O)Cc2cccc(c2O)C3)C(C)(C)c2ccccc21.O=Cc1cc2c(O)c(c1)Cc1cc(S(=O)(=O)O)cc(c1O)Cc1cc(S(=O)(=O)O)cc(c1O)Cc1cccc(c1O)Cc1cccc(c1O)C2.O=S(=O)=O.O=S(=O)=O.O=S(=O)=O.O=S(=O)=O. The summed E-state index contributed by atoms with van der Waals surface area (Å²) in [7, 11) is -27.9. The maximum absolute atomic E-state index is 12.7. The van der Waals surface area contributed by atoms with Gasteiger partial charge in [-0.3, -0.25) is 23.0 Å². The molecule has 20 bridgehead atoms. The van der Waals surface area contributed by atoms with Crippen LogP contribution in [0.5, 0.6) is 57.5 Å². The van der Waals surface area contributed by atoms with E-state index in [9.17, 15) is 108 Å². The lowest BCUT2D eigenvalue weighted by Crippen LogP contribution is -2.26. The number of nitrogens with zero attached hydrogens (tertiary/aromatic N) is 2. The Morgan fingerprint density at radius 1 is 0.262 bits per heavy atom. The minimum atomic E-state index is -4.92. The van der Waals surface area contributed by atoms with E-state index >= 15 is 0 Å². The number of aromatic hydroxyl groups is 10. The Balaban J connectivity index is 0.000000228. The first kappa shape index (κ1) is 109. The fourth-order valence-corrected chi connectivity index (χ4v) is 19.5. The highest BCUT2D eigenvalue weighted by Gasteiger charge is 2.44. The largest absolute Gasteiger partial charge is 0.507 e. The smallest absolute Gasteiger partial charge is 0.425 e. The second-order valence-electron chi connectivity index (χ2n) is 33.7. The van der Waals surface area contributed by atoms with E-state index < -0.39 is 138 Å².